The summed E-state index contributed by atoms with van der Waals surface area (Å²) in [5, 5.41) is 11.1. The van der Waals surface area contributed by atoms with Gasteiger partial charge in [0.2, 0.25) is 0 Å². The van der Waals surface area contributed by atoms with Gasteiger partial charge >= 0.3 is 18.2 Å². The first-order valence-electron chi connectivity index (χ1n) is 10.5. The molecule has 0 radical (unpaired) electrons. The molecule has 182 valence electrons. The molecule has 0 bridgehead atoms. The highest BCUT2D eigenvalue weighted by atomic mass is 19.4. The minimum absolute atomic E-state index is 0.0887. The molecule has 1 rings (SSSR count). The van der Waals surface area contributed by atoms with Gasteiger partial charge in [0.1, 0.15) is 18.9 Å². The number of carbonyl (C=O) groups excluding carboxylic acids is 1. The summed E-state index contributed by atoms with van der Waals surface area (Å²) in [6, 6.07) is 5.99. The van der Waals surface area contributed by atoms with Crippen LogP contribution in [0.2, 0.25) is 0 Å². The summed E-state index contributed by atoms with van der Waals surface area (Å²) in [6.07, 6.45) is -4.58. The molecule has 0 aromatic heterocycles. The number of amides is 2. The van der Waals surface area contributed by atoms with Gasteiger partial charge in [-0.3, -0.25) is 0 Å². The second-order valence-corrected chi connectivity index (χ2v) is 8.55. The fourth-order valence-corrected chi connectivity index (χ4v) is 2.70. The van der Waals surface area contributed by atoms with E-state index in [9.17, 15) is 22.8 Å². The highest BCUT2D eigenvalue weighted by Crippen LogP contribution is 2.19. The zero-order valence-corrected chi connectivity index (χ0v) is 19.0. The Morgan fingerprint density at radius 3 is 2.25 bits per heavy atom. The van der Waals surface area contributed by atoms with Gasteiger partial charge in [-0.15, -0.1) is 0 Å². The van der Waals surface area contributed by atoms with E-state index in [0.717, 1.165) is 5.56 Å². The number of benzene rings is 1. The number of halogens is 3. The molecular weight excluding hydrogens is 429 g/mol. The Morgan fingerprint density at radius 1 is 1.12 bits per heavy atom. The summed E-state index contributed by atoms with van der Waals surface area (Å²) in [5.74, 6) is -0.533. The van der Waals surface area contributed by atoms with Gasteiger partial charge in [0.25, 0.3) is 0 Å². The van der Waals surface area contributed by atoms with E-state index in [1.807, 2.05) is 26.1 Å². The number of hydrogen-bond acceptors (Lipinski definition) is 4. The van der Waals surface area contributed by atoms with Crippen LogP contribution in [0.4, 0.5) is 18.0 Å². The fraction of sp³-hybridized carbons (Fsp3) is 0.636. The van der Waals surface area contributed by atoms with Gasteiger partial charge in [0.05, 0.1) is 6.54 Å². The smallest absolute Gasteiger partial charge is 0.405 e. The van der Waals surface area contributed by atoms with Crippen LogP contribution < -0.4 is 10.1 Å². The Morgan fingerprint density at radius 2 is 1.75 bits per heavy atom. The minimum Gasteiger partial charge on any atom is -0.492 e. The van der Waals surface area contributed by atoms with Crippen LogP contribution in [-0.4, -0.2) is 67.1 Å². The molecule has 0 saturated heterocycles. The van der Waals surface area contributed by atoms with Crippen molar-refractivity contribution in [1.29, 1.82) is 0 Å². The molecule has 0 heterocycles. The third kappa shape index (κ3) is 11.8. The van der Waals surface area contributed by atoms with Gasteiger partial charge < -0.3 is 24.8 Å². The molecule has 1 unspecified atom stereocenters. The van der Waals surface area contributed by atoms with Crippen LogP contribution in [0.25, 0.3) is 0 Å². The Hall–Kier alpha value is -2.49. The Bertz CT molecular complexity index is 718. The van der Waals surface area contributed by atoms with Crippen molar-refractivity contribution >= 4 is 12.0 Å². The number of aliphatic carboxylic acids is 1. The largest absolute Gasteiger partial charge is 0.492 e. The predicted octanol–water partition coefficient (Wildman–Crippen LogP) is 4.11. The summed E-state index contributed by atoms with van der Waals surface area (Å²) in [6.45, 7) is 7.09. The van der Waals surface area contributed by atoms with E-state index in [4.69, 9.17) is 14.6 Å². The number of urea groups is 1. The summed E-state index contributed by atoms with van der Waals surface area (Å²) in [5.41, 5.74) is 0.672. The maximum Gasteiger partial charge on any atom is 0.405 e. The number of alkyl halides is 3. The Balaban J connectivity index is 2.63. The molecule has 0 spiro atoms. The molecule has 1 aromatic carbocycles. The number of rotatable bonds is 12. The standard InChI is InChI=1S/C22H33F3N2O5/c1-5-31-18(19(28)29)14-16-6-8-17(9-7-16)32-13-12-27(11-10-21(2,3)4)20(30)26-15-22(23,24)25/h6-9,18H,5,10-15H2,1-4H3,(H,26,30)(H,28,29). The number of carbonyl (C=O) groups is 2. The van der Waals surface area contributed by atoms with Gasteiger partial charge in [-0.25, -0.2) is 9.59 Å². The van der Waals surface area contributed by atoms with E-state index in [0.29, 0.717) is 25.3 Å². The molecule has 10 heteroatoms. The summed E-state index contributed by atoms with van der Waals surface area (Å²) in [4.78, 5) is 24.7. The van der Waals surface area contributed by atoms with Gasteiger partial charge in [-0.2, -0.15) is 13.2 Å². The third-order valence-corrected chi connectivity index (χ3v) is 4.48. The van der Waals surface area contributed by atoms with Crippen molar-refractivity contribution < 1.29 is 37.3 Å². The highest BCUT2D eigenvalue weighted by Gasteiger charge is 2.29. The molecule has 1 atom stereocenters. The van der Waals surface area contributed by atoms with Crippen LogP contribution in [-0.2, 0) is 16.0 Å². The van der Waals surface area contributed by atoms with Gasteiger partial charge in [0, 0.05) is 19.6 Å². The SMILES string of the molecule is CCOC(Cc1ccc(OCCN(CCC(C)(C)C)C(=O)NCC(F)(F)F)cc1)C(=O)O. The number of hydrogen-bond donors (Lipinski definition) is 2. The third-order valence-electron chi connectivity index (χ3n) is 4.48. The molecule has 0 fully saturated rings. The lowest BCUT2D eigenvalue weighted by atomic mass is 9.92. The lowest BCUT2D eigenvalue weighted by Gasteiger charge is -2.27. The van der Waals surface area contributed by atoms with E-state index < -0.39 is 30.8 Å². The van der Waals surface area contributed by atoms with E-state index in [-0.39, 0.29) is 25.0 Å². The van der Waals surface area contributed by atoms with Crippen LogP contribution in [0.1, 0.15) is 39.7 Å². The van der Waals surface area contributed by atoms with Crippen LogP contribution in [0, 0.1) is 5.41 Å². The number of nitrogens with zero attached hydrogens (tertiary/aromatic N) is 1. The predicted molar refractivity (Wildman–Crippen MR) is 114 cm³/mol. The van der Waals surface area contributed by atoms with Crippen LogP contribution in [0.3, 0.4) is 0 Å². The summed E-state index contributed by atoms with van der Waals surface area (Å²) >= 11 is 0. The first-order chi connectivity index (χ1) is 14.8. The molecule has 0 saturated carbocycles. The van der Waals surface area contributed by atoms with Crippen molar-refractivity contribution in [3.05, 3.63) is 29.8 Å². The lowest BCUT2D eigenvalue weighted by Crippen LogP contribution is -2.46. The molecular formula is C22H33F3N2O5. The van der Waals surface area contributed by atoms with Crippen molar-refractivity contribution in [2.45, 2.75) is 52.8 Å². The maximum atomic E-state index is 12.4. The van der Waals surface area contributed by atoms with Gasteiger partial charge in [-0.05, 0) is 36.5 Å². The van der Waals surface area contributed by atoms with E-state index in [1.165, 1.54) is 4.90 Å². The summed E-state index contributed by atoms with van der Waals surface area (Å²) in [7, 11) is 0. The van der Waals surface area contributed by atoms with Gasteiger partial charge in [-0.1, -0.05) is 32.9 Å². The molecule has 1 aromatic rings. The van der Waals surface area contributed by atoms with E-state index in [2.05, 4.69) is 0 Å². The maximum absolute atomic E-state index is 12.4. The number of carboxylic acids is 1. The topological polar surface area (TPSA) is 88.1 Å². The Labute approximate surface area is 186 Å². The average Bonchev–Trinajstić information content (AvgIpc) is 2.68. The number of carboxylic acid groups (broad SMARTS) is 1. The molecule has 7 nitrogen and oxygen atoms in total. The quantitative estimate of drug-likeness (QED) is 0.488. The zero-order chi connectivity index (χ0) is 24.4. The second-order valence-electron chi connectivity index (χ2n) is 8.55. The van der Waals surface area contributed by atoms with Crippen molar-refractivity contribution in [2.24, 2.45) is 5.41 Å². The Kier molecular flexibility index (Phi) is 10.8. The molecule has 32 heavy (non-hydrogen) atoms. The molecule has 0 aliphatic carbocycles. The highest BCUT2D eigenvalue weighted by molar-refractivity contribution is 5.74. The summed E-state index contributed by atoms with van der Waals surface area (Å²) < 4.78 is 48.1. The van der Waals surface area contributed by atoms with Crippen LogP contribution in [0.5, 0.6) is 5.75 Å². The van der Waals surface area contributed by atoms with E-state index in [1.54, 1.807) is 31.2 Å². The second kappa shape index (κ2) is 12.5. The van der Waals surface area contributed by atoms with Crippen molar-refractivity contribution in [1.82, 2.24) is 10.2 Å². The normalized spacial score (nSPS) is 12.8. The van der Waals surface area contributed by atoms with Gasteiger partial charge in [0.15, 0.2) is 6.10 Å². The average molecular weight is 463 g/mol. The molecule has 0 aliphatic rings. The van der Waals surface area contributed by atoms with Crippen molar-refractivity contribution in [2.75, 3.05) is 32.8 Å². The monoisotopic (exact) mass is 462 g/mol. The first kappa shape index (κ1) is 27.5. The zero-order valence-electron chi connectivity index (χ0n) is 19.0. The van der Waals surface area contributed by atoms with Crippen molar-refractivity contribution in [3.8, 4) is 5.75 Å². The molecule has 2 N–H and O–H groups in total. The first-order valence-corrected chi connectivity index (χ1v) is 10.5. The van der Waals surface area contributed by atoms with Crippen molar-refractivity contribution in [3.63, 3.8) is 0 Å². The lowest BCUT2D eigenvalue weighted by molar-refractivity contribution is -0.150. The van der Waals surface area contributed by atoms with E-state index >= 15 is 0 Å². The number of ether oxygens (including phenoxy) is 2. The van der Waals surface area contributed by atoms with Crippen LogP contribution in [0.15, 0.2) is 24.3 Å². The fourth-order valence-electron chi connectivity index (χ4n) is 2.70. The molecule has 2 amide bonds. The molecule has 0 aliphatic heterocycles. The van der Waals surface area contributed by atoms with Crippen LogP contribution >= 0.6 is 0 Å². The minimum atomic E-state index is -4.48. The number of nitrogens with one attached hydrogen (secondary N) is 1.